The number of H-pyrrole nitrogens is 1. The molecule has 3 heterocycles. The summed E-state index contributed by atoms with van der Waals surface area (Å²) >= 11 is 0. The zero-order valence-electron chi connectivity index (χ0n) is 30.3. The average molecular weight is 750 g/mol. The predicted octanol–water partition coefficient (Wildman–Crippen LogP) is 5.60. The molecule has 1 aromatic rings. The fourth-order valence-electron chi connectivity index (χ4n) is 6.09. The van der Waals surface area contributed by atoms with E-state index in [1.54, 1.807) is 17.7 Å². The van der Waals surface area contributed by atoms with E-state index in [1.807, 2.05) is 0 Å². The lowest BCUT2D eigenvalue weighted by Crippen LogP contribution is -2.66. The van der Waals surface area contributed by atoms with Crippen LogP contribution in [0.1, 0.15) is 89.3 Å². The molecule has 0 spiro atoms. The Bertz CT molecular complexity index is 1350. The highest BCUT2D eigenvalue weighted by atomic mass is 33.1. The Morgan fingerprint density at radius 2 is 1.65 bits per heavy atom. The molecule has 2 N–H and O–H groups in total. The standard InChI is InChI=1S/C31H55N3O10S2Si2/c1-13-39-28(36)22(17-45-46-31(10,11)12)32-30(38)42-26-25-23(41-27(26)34-15-14-24(35)33-29(34)37)16-40-47(18(2)3,19(4)5)44-48(43-25,20(6)7)21(8)9/h14-15,18-23,25-27H,13,16-17H2,1-12H3,(H,32,38)(H,33,35,37)/t22-,23+,25?,26-,27+/m0/s1. The number of ether oxygens (including phenoxy) is 3. The number of alkyl carbamates (subject to hydrolysis) is 1. The van der Waals surface area contributed by atoms with Crippen molar-refractivity contribution in [3.63, 3.8) is 0 Å². The number of nitrogens with one attached hydrogen (secondary N) is 2. The highest BCUT2D eigenvalue weighted by molar-refractivity contribution is 8.77. The van der Waals surface area contributed by atoms with Gasteiger partial charge in [0.1, 0.15) is 18.2 Å². The minimum Gasteiger partial charge on any atom is -0.464 e. The largest absolute Gasteiger partial charge is 0.464 e. The number of aromatic amines is 1. The molecular formula is C31H55N3O10S2Si2. The van der Waals surface area contributed by atoms with Crippen LogP contribution in [-0.2, 0) is 32.0 Å². The molecule has 3 rings (SSSR count). The number of aromatic nitrogens is 2. The maximum Gasteiger partial charge on any atom is 0.408 e. The van der Waals surface area contributed by atoms with Gasteiger partial charge in [-0.3, -0.25) is 14.3 Å². The lowest BCUT2D eigenvalue weighted by molar-refractivity contribution is -0.145. The lowest BCUT2D eigenvalue weighted by Gasteiger charge is -2.51. The molecule has 0 bridgehead atoms. The van der Waals surface area contributed by atoms with Crippen molar-refractivity contribution in [1.29, 1.82) is 0 Å². The van der Waals surface area contributed by atoms with Crippen molar-refractivity contribution < 1.29 is 36.8 Å². The third-order valence-corrected chi connectivity index (χ3v) is 22.0. The number of nitrogens with zero attached hydrogens (tertiary/aromatic N) is 1. The molecule has 0 aromatic carbocycles. The normalized spacial score (nSPS) is 24.7. The number of carbonyl (C=O) groups excluding carboxylic acids is 2. The summed E-state index contributed by atoms with van der Waals surface area (Å²) < 4.78 is 40.2. The van der Waals surface area contributed by atoms with Crippen LogP contribution < -0.4 is 16.6 Å². The first-order chi connectivity index (χ1) is 22.3. The van der Waals surface area contributed by atoms with Crippen LogP contribution in [0, 0.1) is 0 Å². The van der Waals surface area contributed by atoms with Crippen LogP contribution >= 0.6 is 21.6 Å². The monoisotopic (exact) mass is 749 g/mol. The molecule has 1 unspecified atom stereocenters. The molecule has 5 atom stereocenters. The van der Waals surface area contributed by atoms with Gasteiger partial charge in [0.05, 0.1) is 13.2 Å². The molecule has 1 aromatic heterocycles. The van der Waals surface area contributed by atoms with Crippen LogP contribution in [0.25, 0.3) is 0 Å². The third-order valence-electron chi connectivity index (χ3n) is 8.39. The van der Waals surface area contributed by atoms with Crippen molar-refractivity contribution >= 4 is 50.8 Å². The van der Waals surface area contributed by atoms with Crippen LogP contribution in [0.5, 0.6) is 0 Å². The van der Waals surface area contributed by atoms with Gasteiger partial charge in [0, 0.05) is 22.8 Å². The predicted molar refractivity (Wildman–Crippen MR) is 193 cm³/mol. The zero-order chi connectivity index (χ0) is 36.2. The molecule has 13 nitrogen and oxygen atoms in total. The number of hydrogen-bond acceptors (Lipinski definition) is 12. The van der Waals surface area contributed by atoms with Crippen LogP contribution in [0.2, 0.25) is 22.2 Å². The highest BCUT2D eigenvalue weighted by Gasteiger charge is 2.62. The molecule has 1 amide bonds. The topological polar surface area (TPSA) is 156 Å². The van der Waals surface area contributed by atoms with Gasteiger partial charge in [0.25, 0.3) is 5.56 Å². The van der Waals surface area contributed by atoms with Crippen molar-refractivity contribution in [2.45, 2.75) is 141 Å². The van der Waals surface area contributed by atoms with Gasteiger partial charge in [0.15, 0.2) is 12.3 Å². The first kappa shape index (κ1) is 40.8. The number of amides is 1. The Morgan fingerprint density at radius 3 is 2.17 bits per heavy atom. The molecule has 0 saturated carbocycles. The summed E-state index contributed by atoms with van der Waals surface area (Å²) in [6.07, 6.45) is -3.60. The van der Waals surface area contributed by atoms with Crippen molar-refractivity contribution in [2.24, 2.45) is 0 Å². The SMILES string of the molecule is CCOC(=O)[C@H](CSSC(C)(C)C)NC(=O)O[C@H]1C2O[Si](C(C)C)(C(C)C)O[Si](C(C)C)(C(C)C)OC[C@H]2O[C@H]1n1ccc(=O)[nH]c1=O. The smallest absolute Gasteiger partial charge is 0.408 e. The summed E-state index contributed by atoms with van der Waals surface area (Å²) in [5.41, 5.74) is -1.20. The minimum absolute atomic E-state index is 0.0286. The van der Waals surface area contributed by atoms with Gasteiger partial charge in [-0.15, -0.1) is 0 Å². The molecule has 0 aliphatic carbocycles. The van der Waals surface area contributed by atoms with Gasteiger partial charge in [0.2, 0.25) is 0 Å². The number of hydrogen-bond donors (Lipinski definition) is 2. The Morgan fingerprint density at radius 1 is 1.04 bits per heavy atom. The van der Waals surface area contributed by atoms with E-state index in [9.17, 15) is 19.2 Å². The van der Waals surface area contributed by atoms with Gasteiger partial charge >= 0.3 is 34.9 Å². The maximum atomic E-state index is 13.7. The summed E-state index contributed by atoms with van der Waals surface area (Å²) in [6.45, 7) is 24.8. The Kier molecular flexibility index (Phi) is 14.1. The quantitative estimate of drug-likeness (QED) is 0.155. The Hall–Kier alpha value is -1.61. The molecular weight excluding hydrogens is 695 g/mol. The molecule has 2 fully saturated rings. The third kappa shape index (κ3) is 9.38. The van der Waals surface area contributed by atoms with Crippen molar-refractivity contribution in [3.05, 3.63) is 33.1 Å². The second-order valence-electron chi connectivity index (χ2n) is 14.4. The lowest BCUT2D eigenvalue weighted by atomic mass is 10.1. The average Bonchev–Trinajstić information content (AvgIpc) is 3.26. The van der Waals surface area contributed by atoms with Crippen LogP contribution in [0.4, 0.5) is 4.79 Å². The summed E-state index contributed by atoms with van der Waals surface area (Å²) in [7, 11) is -3.10. The van der Waals surface area contributed by atoms with E-state index in [4.69, 9.17) is 27.2 Å². The Labute approximate surface area is 294 Å². The second-order valence-corrected chi connectivity index (χ2v) is 26.5. The van der Waals surface area contributed by atoms with Crippen molar-refractivity contribution in [3.8, 4) is 0 Å². The van der Waals surface area contributed by atoms with E-state index < -0.39 is 71.0 Å². The molecule has 274 valence electrons. The summed E-state index contributed by atoms with van der Waals surface area (Å²) in [5.74, 6) is -0.359. The fraction of sp³-hybridized carbons (Fsp3) is 0.806. The molecule has 48 heavy (non-hydrogen) atoms. The first-order valence-corrected chi connectivity index (χ1v) is 23.0. The maximum absolute atomic E-state index is 13.7. The van der Waals surface area contributed by atoms with Crippen LogP contribution in [0.15, 0.2) is 21.9 Å². The van der Waals surface area contributed by atoms with Gasteiger partial charge < -0.3 is 32.5 Å². The van der Waals surface area contributed by atoms with Gasteiger partial charge in [-0.2, -0.15) is 0 Å². The van der Waals surface area contributed by atoms with Crippen molar-refractivity contribution in [1.82, 2.24) is 14.9 Å². The summed E-state index contributed by atoms with van der Waals surface area (Å²) in [4.78, 5) is 53.9. The zero-order valence-corrected chi connectivity index (χ0v) is 34.0. The second kappa shape index (κ2) is 16.6. The first-order valence-electron chi connectivity index (χ1n) is 16.7. The Balaban J connectivity index is 2.07. The minimum atomic E-state index is -3.19. The molecule has 17 heteroatoms. The molecule has 2 aliphatic heterocycles. The molecule has 0 radical (unpaired) electrons. The number of esters is 1. The number of carbonyl (C=O) groups is 2. The highest BCUT2D eigenvalue weighted by Crippen LogP contribution is 2.48. The number of rotatable bonds is 12. The van der Waals surface area contributed by atoms with E-state index >= 15 is 0 Å². The fourth-order valence-corrected chi connectivity index (χ4v) is 19.7. The van der Waals surface area contributed by atoms with Gasteiger partial charge in [-0.05, 0) is 29.1 Å². The van der Waals surface area contributed by atoms with E-state index in [0.717, 1.165) is 0 Å². The summed E-state index contributed by atoms with van der Waals surface area (Å²) in [5, 5.41) is 2.67. The molecule has 2 saturated heterocycles. The van der Waals surface area contributed by atoms with E-state index in [1.165, 1.54) is 27.6 Å². The van der Waals surface area contributed by atoms with Crippen LogP contribution in [0.3, 0.4) is 0 Å². The van der Waals surface area contributed by atoms with Gasteiger partial charge in [-0.1, -0.05) is 97.7 Å². The van der Waals surface area contributed by atoms with Crippen molar-refractivity contribution in [2.75, 3.05) is 19.0 Å². The van der Waals surface area contributed by atoms with E-state index in [2.05, 4.69) is 86.5 Å². The van der Waals surface area contributed by atoms with Crippen LogP contribution in [-0.4, -0.2) is 86.8 Å². The number of fused-ring (bicyclic) bond motifs is 1. The van der Waals surface area contributed by atoms with Gasteiger partial charge in [-0.25, -0.2) is 14.4 Å². The summed E-state index contributed by atoms with van der Waals surface area (Å²) in [6, 6.07) is 0.193. The van der Waals surface area contributed by atoms with E-state index in [0.29, 0.717) is 0 Å². The van der Waals surface area contributed by atoms with E-state index in [-0.39, 0.29) is 45.9 Å². The molecule has 2 aliphatic rings.